The Bertz CT molecular complexity index is 357. The number of aromatic nitrogens is 2. The highest BCUT2D eigenvalue weighted by molar-refractivity contribution is 4.94. The molecule has 1 heterocycles. The van der Waals surface area contributed by atoms with Crippen LogP contribution in [0, 0.1) is 16.7 Å². The van der Waals surface area contributed by atoms with Crippen molar-refractivity contribution in [2.75, 3.05) is 0 Å². The highest BCUT2D eigenvalue weighted by Crippen LogP contribution is 2.21. The van der Waals surface area contributed by atoms with Crippen LogP contribution in [-0.2, 0) is 13.0 Å². The summed E-state index contributed by atoms with van der Waals surface area (Å²) in [6.45, 7) is 7.12. The van der Waals surface area contributed by atoms with Gasteiger partial charge in [0.1, 0.15) is 5.82 Å². The lowest BCUT2D eigenvalue weighted by Crippen LogP contribution is -2.10. The van der Waals surface area contributed by atoms with E-state index in [1.165, 1.54) is 0 Å². The SMILES string of the molecule is CCCc1nccn1CCCC(C)(C)C#N. The Morgan fingerprint density at radius 1 is 1.50 bits per heavy atom. The van der Waals surface area contributed by atoms with Gasteiger partial charge in [-0.1, -0.05) is 6.92 Å². The maximum absolute atomic E-state index is 8.92. The smallest absolute Gasteiger partial charge is 0.108 e. The fourth-order valence-corrected chi connectivity index (χ4v) is 1.74. The number of aryl methyl sites for hydroxylation is 2. The van der Waals surface area contributed by atoms with Crippen LogP contribution in [0.5, 0.6) is 0 Å². The Balaban J connectivity index is 2.43. The molecule has 0 aliphatic heterocycles. The molecule has 0 aromatic carbocycles. The zero-order chi connectivity index (χ0) is 12.0. The summed E-state index contributed by atoms with van der Waals surface area (Å²) in [6.07, 6.45) is 8.03. The first-order valence-corrected chi connectivity index (χ1v) is 6.00. The molecule has 88 valence electrons. The number of imidazole rings is 1. The first-order chi connectivity index (χ1) is 7.59. The molecule has 0 saturated carbocycles. The summed E-state index contributed by atoms with van der Waals surface area (Å²) in [6, 6.07) is 2.34. The van der Waals surface area contributed by atoms with Crippen molar-refractivity contribution in [2.24, 2.45) is 5.41 Å². The van der Waals surface area contributed by atoms with E-state index in [1.807, 2.05) is 26.2 Å². The normalized spacial score (nSPS) is 11.4. The summed E-state index contributed by atoms with van der Waals surface area (Å²) in [7, 11) is 0. The zero-order valence-corrected chi connectivity index (χ0v) is 10.5. The van der Waals surface area contributed by atoms with Crippen LogP contribution in [0.25, 0.3) is 0 Å². The van der Waals surface area contributed by atoms with Gasteiger partial charge in [0.15, 0.2) is 0 Å². The predicted molar refractivity (Wildman–Crippen MR) is 64.9 cm³/mol. The molecule has 1 aromatic rings. The van der Waals surface area contributed by atoms with Crippen molar-refractivity contribution in [1.82, 2.24) is 9.55 Å². The summed E-state index contributed by atoms with van der Waals surface area (Å²) in [4.78, 5) is 4.34. The number of hydrogen-bond donors (Lipinski definition) is 0. The van der Waals surface area contributed by atoms with Crippen LogP contribution >= 0.6 is 0 Å². The van der Waals surface area contributed by atoms with Crippen LogP contribution in [0.4, 0.5) is 0 Å². The zero-order valence-electron chi connectivity index (χ0n) is 10.5. The van der Waals surface area contributed by atoms with E-state index in [0.29, 0.717) is 0 Å². The Hall–Kier alpha value is -1.30. The van der Waals surface area contributed by atoms with E-state index < -0.39 is 0 Å². The van der Waals surface area contributed by atoms with Gasteiger partial charge in [-0.2, -0.15) is 5.26 Å². The van der Waals surface area contributed by atoms with Crippen LogP contribution in [0.15, 0.2) is 12.4 Å². The lowest BCUT2D eigenvalue weighted by molar-refractivity contribution is 0.412. The van der Waals surface area contributed by atoms with Gasteiger partial charge in [0.2, 0.25) is 0 Å². The van der Waals surface area contributed by atoms with Gasteiger partial charge in [-0.05, 0) is 33.1 Å². The number of rotatable bonds is 6. The fourth-order valence-electron chi connectivity index (χ4n) is 1.74. The maximum atomic E-state index is 8.92. The van der Waals surface area contributed by atoms with Gasteiger partial charge >= 0.3 is 0 Å². The quantitative estimate of drug-likeness (QED) is 0.737. The topological polar surface area (TPSA) is 41.6 Å². The molecule has 16 heavy (non-hydrogen) atoms. The van der Waals surface area contributed by atoms with Gasteiger partial charge in [-0.3, -0.25) is 0 Å². The molecule has 1 aromatic heterocycles. The molecule has 1 rings (SSSR count). The summed E-state index contributed by atoms with van der Waals surface area (Å²) in [5, 5.41) is 8.92. The van der Waals surface area contributed by atoms with Crippen molar-refractivity contribution < 1.29 is 0 Å². The van der Waals surface area contributed by atoms with E-state index in [1.54, 1.807) is 0 Å². The Morgan fingerprint density at radius 2 is 2.25 bits per heavy atom. The largest absolute Gasteiger partial charge is 0.335 e. The van der Waals surface area contributed by atoms with Crippen LogP contribution in [-0.4, -0.2) is 9.55 Å². The highest BCUT2D eigenvalue weighted by atomic mass is 15.1. The molecule has 0 saturated heterocycles. The summed E-state index contributed by atoms with van der Waals surface area (Å²) < 4.78 is 2.21. The molecule has 0 unspecified atom stereocenters. The molecule has 0 radical (unpaired) electrons. The minimum absolute atomic E-state index is 0.203. The first-order valence-electron chi connectivity index (χ1n) is 6.00. The average molecular weight is 219 g/mol. The van der Waals surface area contributed by atoms with Crippen molar-refractivity contribution in [3.63, 3.8) is 0 Å². The molecule has 0 N–H and O–H groups in total. The molecular weight excluding hydrogens is 198 g/mol. The van der Waals surface area contributed by atoms with E-state index >= 15 is 0 Å². The standard InChI is InChI=1S/C13H21N3/c1-4-6-12-15-8-10-16(12)9-5-7-13(2,3)11-14/h8,10H,4-7,9H2,1-3H3. The molecule has 0 spiro atoms. The number of hydrogen-bond acceptors (Lipinski definition) is 2. The lowest BCUT2D eigenvalue weighted by Gasteiger charge is -2.15. The third-order valence-electron chi connectivity index (χ3n) is 2.78. The molecule has 0 aliphatic rings. The van der Waals surface area contributed by atoms with Crippen molar-refractivity contribution in [2.45, 2.75) is 53.0 Å². The number of nitriles is 1. The van der Waals surface area contributed by atoms with E-state index in [-0.39, 0.29) is 5.41 Å². The Morgan fingerprint density at radius 3 is 2.88 bits per heavy atom. The van der Waals surface area contributed by atoms with Gasteiger partial charge in [0.05, 0.1) is 11.5 Å². The third kappa shape index (κ3) is 3.69. The van der Waals surface area contributed by atoms with Gasteiger partial charge in [0, 0.05) is 25.4 Å². The van der Waals surface area contributed by atoms with Crippen LogP contribution in [0.1, 0.15) is 45.9 Å². The molecular formula is C13H21N3. The van der Waals surface area contributed by atoms with Gasteiger partial charge < -0.3 is 4.57 Å². The minimum Gasteiger partial charge on any atom is -0.335 e. The van der Waals surface area contributed by atoms with E-state index in [9.17, 15) is 0 Å². The van der Waals surface area contributed by atoms with Crippen LogP contribution in [0.2, 0.25) is 0 Å². The van der Waals surface area contributed by atoms with Crippen molar-refractivity contribution in [1.29, 1.82) is 5.26 Å². The lowest BCUT2D eigenvalue weighted by atomic mass is 9.90. The fraction of sp³-hybridized carbons (Fsp3) is 0.692. The van der Waals surface area contributed by atoms with Gasteiger partial charge in [-0.15, -0.1) is 0 Å². The monoisotopic (exact) mass is 219 g/mol. The Kier molecular flexibility index (Phi) is 4.54. The Labute approximate surface area is 98.1 Å². The molecule has 3 heteroatoms. The molecule has 0 bridgehead atoms. The van der Waals surface area contributed by atoms with Crippen LogP contribution < -0.4 is 0 Å². The number of nitrogens with zero attached hydrogens (tertiary/aromatic N) is 3. The van der Waals surface area contributed by atoms with Crippen molar-refractivity contribution in [3.05, 3.63) is 18.2 Å². The molecule has 0 amide bonds. The molecule has 3 nitrogen and oxygen atoms in total. The second-order valence-corrected chi connectivity index (χ2v) is 4.89. The average Bonchev–Trinajstić information content (AvgIpc) is 2.66. The minimum atomic E-state index is -0.203. The maximum Gasteiger partial charge on any atom is 0.108 e. The summed E-state index contributed by atoms with van der Waals surface area (Å²) >= 11 is 0. The van der Waals surface area contributed by atoms with Gasteiger partial charge in [0.25, 0.3) is 0 Å². The van der Waals surface area contributed by atoms with E-state index in [2.05, 4.69) is 22.5 Å². The van der Waals surface area contributed by atoms with Crippen LogP contribution in [0.3, 0.4) is 0 Å². The first kappa shape index (κ1) is 12.8. The second-order valence-electron chi connectivity index (χ2n) is 4.89. The summed E-state index contributed by atoms with van der Waals surface area (Å²) in [5.41, 5.74) is -0.203. The highest BCUT2D eigenvalue weighted by Gasteiger charge is 2.15. The summed E-state index contributed by atoms with van der Waals surface area (Å²) in [5.74, 6) is 1.16. The van der Waals surface area contributed by atoms with Crippen molar-refractivity contribution >= 4 is 0 Å². The van der Waals surface area contributed by atoms with Crippen molar-refractivity contribution in [3.8, 4) is 6.07 Å². The second kappa shape index (κ2) is 5.69. The molecule has 0 fully saturated rings. The molecule has 0 atom stereocenters. The van der Waals surface area contributed by atoms with E-state index in [4.69, 9.17) is 5.26 Å². The third-order valence-corrected chi connectivity index (χ3v) is 2.78. The van der Waals surface area contributed by atoms with E-state index in [0.717, 1.165) is 38.1 Å². The predicted octanol–water partition coefficient (Wildman–Crippen LogP) is 3.17. The van der Waals surface area contributed by atoms with Gasteiger partial charge in [-0.25, -0.2) is 4.98 Å². The molecule has 0 aliphatic carbocycles.